The van der Waals surface area contributed by atoms with Crippen molar-refractivity contribution < 1.29 is 9.84 Å². The molecule has 1 aliphatic heterocycles. The Hall–Kier alpha value is -0.120. The minimum atomic E-state index is -0.172. The summed E-state index contributed by atoms with van der Waals surface area (Å²) >= 11 is 0. The van der Waals surface area contributed by atoms with Crippen molar-refractivity contribution in [3.05, 3.63) is 0 Å². The van der Waals surface area contributed by atoms with Crippen molar-refractivity contribution in [1.29, 1.82) is 0 Å². The third-order valence-corrected chi connectivity index (χ3v) is 4.62. The molecule has 2 aliphatic rings. The van der Waals surface area contributed by atoms with Gasteiger partial charge in [-0.1, -0.05) is 12.8 Å². The molecule has 94 valence electrons. The van der Waals surface area contributed by atoms with Crippen LogP contribution in [0, 0.1) is 5.92 Å². The molecule has 1 unspecified atom stereocenters. The summed E-state index contributed by atoms with van der Waals surface area (Å²) < 4.78 is 5.38. The maximum atomic E-state index is 10.7. The van der Waals surface area contributed by atoms with E-state index in [1.54, 1.807) is 0 Å². The first-order chi connectivity index (χ1) is 7.67. The molecule has 3 nitrogen and oxygen atoms in total. The Balaban J connectivity index is 2.07. The fourth-order valence-corrected chi connectivity index (χ4v) is 3.47. The van der Waals surface area contributed by atoms with Gasteiger partial charge in [-0.05, 0) is 45.7 Å². The van der Waals surface area contributed by atoms with Crippen LogP contribution in [0.3, 0.4) is 0 Å². The lowest BCUT2D eigenvalue weighted by Crippen LogP contribution is -2.55. The minimum Gasteiger partial charge on any atom is -0.391 e. The van der Waals surface area contributed by atoms with Crippen molar-refractivity contribution >= 4 is 0 Å². The number of hydrogen-bond donors (Lipinski definition) is 1. The minimum absolute atomic E-state index is 0.0437. The van der Waals surface area contributed by atoms with Crippen molar-refractivity contribution in [2.45, 2.75) is 50.2 Å². The molecule has 2 fully saturated rings. The zero-order valence-corrected chi connectivity index (χ0v) is 10.6. The lowest BCUT2D eigenvalue weighted by Gasteiger charge is -2.44. The topological polar surface area (TPSA) is 32.7 Å². The molecule has 1 N–H and O–H groups in total. The summed E-state index contributed by atoms with van der Waals surface area (Å²) in [5.41, 5.74) is 0.0437. The molecule has 2 rings (SSSR count). The Morgan fingerprint density at radius 2 is 1.75 bits per heavy atom. The van der Waals surface area contributed by atoms with Gasteiger partial charge >= 0.3 is 0 Å². The molecule has 0 aromatic carbocycles. The van der Waals surface area contributed by atoms with Gasteiger partial charge in [0, 0.05) is 18.8 Å². The summed E-state index contributed by atoms with van der Waals surface area (Å²) in [7, 11) is 4.24. The predicted octanol–water partition coefficient (Wildman–Crippen LogP) is 1.65. The zero-order valence-electron chi connectivity index (χ0n) is 10.6. The first-order valence-electron chi connectivity index (χ1n) is 6.60. The van der Waals surface area contributed by atoms with Crippen LogP contribution in [0.5, 0.6) is 0 Å². The highest BCUT2D eigenvalue weighted by atomic mass is 16.5. The Bertz CT molecular complexity index is 218. The van der Waals surface area contributed by atoms with E-state index in [1.165, 1.54) is 12.8 Å². The molecule has 1 saturated heterocycles. The van der Waals surface area contributed by atoms with E-state index >= 15 is 0 Å². The molecule has 0 aromatic rings. The average molecular weight is 227 g/mol. The molecule has 0 aromatic heterocycles. The van der Waals surface area contributed by atoms with Crippen molar-refractivity contribution in [3.8, 4) is 0 Å². The van der Waals surface area contributed by atoms with Gasteiger partial charge in [0.25, 0.3) is 0 Å². The Kier molecular flexibility index (Phi) is 3.88. The van der Waals surface area contributed by atoms with Crippen LogP contribution in [0.4, 0.5) is 0 Å². The number of nitrogens with zero attached hydrogens (tertiary/aromatic N) is 1. The molecule has 3 heteroatoms. The largest absolute Gasteiger partial charge is 0.391 e. The van der Waals surface area contributed by atoms with Gasteiger partial charge in [-0.15, -0.1) is 0 Å². The quantitative estimate of drug-likeness (QED) is 0.795. The third kappa shape index (κ3) is 2.13. The number of ether oxygens (including phenoxy) is 1. The van der Waals surface area contributed by atoms with Crippen LogP contribution in [-0.4, -0.2) is 49.0 Å². The van der Waals surface area contributed by atoms with E-state index in [1.807, 2.05) is 0 Å². The van der Waals surface area contributed by atoms with E-state index in [9.17, 15) is 5.11 Å². The van der Waals surface area contributed by atoms with E-state index in [-0.39, 0.29) is 11.6 Å². The van der Waals surface area contributed by atoms with Gasteiger partial charge in [0.15, 0.2) is 0 Å². The summed E-state index contributed by atoms with van der Waals surface area (Å²) in [6, 6.07) is 0. The standard InChI is InChI=1S/C13H25NO2/c1-14(2)13(7-3-4-8-13)12(15)11-5-9-16-10-6-11/h11-12,15H,3-10H2,1-2H3. The summed E-state index contributed by atoms with van der Waals surface area (Å²) in [6.07, 6.45) is 6.70. The smallest absolute Gasteiger partial charge is 0.0753 e. The van der Waals surface area contributed by atoms with Gasteiger partial charge in [-0.3, -0.25) is 0 Å². The van der Waals surface area contributed by atoms with E-state index < -0.39 is 0 Å². The van der Waals surface area contributed by atoms with Gasteiger partial charge in [0.05, 0.1) is 6.10 Å². The number of aliphatic hydroxyl groups is 1. The second kappa shape index (κ2) is 5.03. The normalized spacial score (nSPS) is 28.5. The zero-order chi connectivity index (χ0) is 11.6. The summed E-state index contributed by atoms with van der Waals surface area (Å²) in [4.78, 5) is 2.26. The Labute approximate surface area is 98.8 Å². The third-order valence-electron chi connectivity index (χ3n) is 4.62. The highest BCUT2D eigenvalue weighted by molar-refractivity contribution is 5.01. The summed E-state index contributed by atoms with van der Waals surface area (Å²) in [5, 5.41) is 10.7. The van der Waals surface area contributed by atoms with Crippen LogP contribution >= 0.6 is 0 Å². The average Bonchev–Trinajstić information content (AvgIpc) is 2.79. The van der Waals surface area contributed by atoms with Gasteiger partial charge in [0.2, 0.25) is 0 Å². The summed E-state index contributed by atoms with van der Waals surface area (Å²) in [5.74, 6) is 0.439. The molecule has 0 radical (unpaired) electrons. The lowest BCUT2D eigenvalue weighted by molar-refractivity contribution is -0.0692. The molecule has 1 aliphatic carbocycles. The highest BCUT2D eigenvalue weighted by Crippen LogP contribution is 2.41. The molecule has 0 amide bonds. The molecule has 0 spiro atoms. The van der Waals surface area contributed by atoms with Crippen molar-refractivity contribution in [1.82, 2.24) is 4.90 Å². The second-order valence-electron chi connectivity index (χ2n) is 5.60. The molecule has 0 bridgehead atoms. The lowest BCUT2D eigenvalue weighted by atomic mass is 9.78. The predicted molar refractivity (Wildman–Crippen MR) is 64.4 cm³/mol. The van der Waals surface area contributed by atoms with Crippen LogP contribution in [0.2, 0.25) is 0 Å². The summed E-state index contributed by atoms with van der Waals surface area (Å²) in [6.45, 7) is 1.65. The fraction of sp³-hybridized carbons (Fsp3) is 1.00. The van der Waals surface area contributed by atoms with E-state index in [4.69, 9.17) is 4.74 Å². The maximum Gasteiger partial charge on any atom is 0.0753 e. The van der Waals surface area contributed by atoms with Crippen LogP contribution in [0.15, 0.2) is 0 Å². The SMILES string of the molecule is CN(C)C1(C(O)C2CCOCC2)CCCC1. The highest BCUT2D eigenvalue weighted by Gasteiger charge is 2.45. The van der Waals surface area contributed by atoms with E-state index in [0.717, 1.165) is 38.9 Å². The fourth-order valence-electron chi connectivity index (χ4n) is 3.47. The molecule has 1 heterocycles. The number of aliphatic hydroxyl groups excluding tert-OH is 1. The monoisotopic (exact) mass is 227 g/mol. The van der Waals surface area contributed by atoms with Gasteiger partial charge in [-0.25, -0.2) is 0 Å². The molecular weight excluding hydrogens is 202 g/mol. The second-order valence-corrected chi connectivity index (χ2v) is 5.60. The molecular formula is C13H25NO2. The number of hydrogen-bond acceptors (Lipinski definition) is 3. The van der Waals surface area contributed by atoms with Crippen molar-refractivity contribution in [2.75, 3.05) is 27.3 Å². The first-order valence-corrected chi connectivity index (χ1v) is 6.60. The number of likely N-dealkylation sites (N-methyl/N-ethyl adjacent to an activating group) is 1. The maximum absolute atomic E-state index is 10.7. The van der Waals surface area contributed by atoms with E-state index in [0.29, 0.717) is 5.92 Å². The van der Waals surface area contributed by atoms with Crippen LogP contribution < -0.4 is 0 Å². The Morgan fingerprint density at radius 1 is 1.19 bits per heavy atom. The van der Waals surface area contributed by atoms with Crippen molar-refractivity contribution in [3.63, 3.8) is 0 Å². The van der Waals surface area contributed by atoms with Crippen LogP contribution in [0.1, 0.15) is 38.5 Å². The first kappa shape index (κ1) is 12.3. The molecule has 1 saturated carbocycles. The number of rotatable bonds is 3. The molecule has 16 heavy (non-hydrogen) atoms. The van der Waals surface area contributed by atoms with Gasteiger partial charge in [0.1, 0.15) is 0 Å². The molecule has 1 atom stereocenters. The van der Waals surface area contributed by atoms with Gasteiger partial charge in [-0.2, -0.15) is 0 Å². The van der Waals surface area contributed by atoms with Gasteiger partial charge < -0.3 is 14.7 Å². The van der Waals surface area contributed by atoms with Crippen molar-refractivity contribution in [2.24, 2.45) is 5.92 Å². The van der Waals surface area contributed by atoms with E-state index in [2.05, 4.69) is 19.0 Å². The Morgan fingerprint density at radius 3 is 2.25 bits per heavy atom. The van der Waals surface area contributed by atoms with Crippen LogP contribution in [-0.2, 0) is 4.74 Å². The van der Waals surface area contributed by atoms with Crippen LogP contribution in [0.25, 0.3) is 0 Å².